The van der Waals surface area contributed by atoms with Crippen LogP contribution in [0.1, 0.15) is 28.8 Å². The van der Waals surface area contributed by atoms with Crippen LogP contribution in [-0.4, -0.2) is 23.9 Å². The summed E-state index contributed by atoms with van der Waals surface area (Å²) in [6.45, 7) is 3.29. The molecule has 1 amide bonds. The molecule has 0 saturated carbocycles. The van der Waals surface area contributed by atoms with E-state index in [4.69, 9.17) is 23.2 Å². The summed E-state index contributed by atoms with van der Waals surface area (Å²) in [6.07, 6.45) is 2.56. The van der Waals surface area contributed by atoms with E-state index in [0.717, 1.165) is 6.54 Å². The van der Waals surface area contributed by atoms with Gasteiger partial charge < -0.3 is 5.32 Å². The molecule has 2 aromatic rings. The molecule has 0 spiro atoms. The van der Waals surface area contributed by atoms with Crippen LogP contribution < -0.4 is 5.32 Å². The highest BCUT2D eigenvalue weighted by Crippen LogP contribution is 2.25. The van der Waals surface area contributed by atoms with Crippen molar-refractivity contribution in [1.29, 1.82) is 0 Å². The zero-order chi connectivity index (χ0) is 16.2. The van der Waals surface area contributed by atoms with Crippen molar-refractivity contribution in [2.24, 2.45) is 0 Å². The summed E-state index contributed by atoms with van der Waals surface area (Å²) < 4.78 is 0. The second-order valence-corrected chi connectivity index (χ2v) is 6.58. The van der Waals surface area contributed by atoms with E-state index in [1.54, 1.807) is 18.2 Å². The number of rotatable bonds is 4. The van der Waals surface area contributed by atoms with Crippen molar-refractivity contribution in [3.63, 3.8) is 0 Å². The van der Waals surface area contributed by atoms with Crippen molar-refractivity contribution in [3.8, 4) is 0 Å². The van der Waals surface area contributed by atoms with Crippen LogP contribution in [0, 0.1) is 0 Å². The highest BCUT2D eigenvalue weighted by molar-refractivity contribution is 6.42. The molecule has 3 nitrogen and oxygen atoms in total. The Labute approximate surface area is 146 Å². The van der Waals surface area contributed by atoms with E-state index in [2.05, 4.69) is 10.2 Å². The lowest BCUT2D eigenvalue weighted by Gasteiger charge is -2.14. The fraction of sp³-hybridized carbons (Fsp3) is 0.278. The zero-order valence-corrected chi connectivity index (χ0v) is 14.2. The molecule has 0 bridgehead atoms. The number of benzene rings is 2. The van der Waals surface area contributed by atoms with Gasteiger partial charge in [0.15, 0.2) is 0 Å². The first-order valence-corrected chi connectivity index (χ1v) is 8.45. The Morgan fingerprint density at radius 1 is 1.00 bits per heavy atom. The smallest absolute Gasteiger partial charge is 0.255 e. The maximum absolute atomic E-state index is 12.3. The Hall–Kier alpha value is -1.55. The Morgan fingerprint density at radius 3 is 2.35 bits per heavy atom. The van der Waals surface area contributed by atoms with Crippen molar-refractivity contribution in [2.75, 3.05) is 18.4 Å². The fourth-order valence-corrected chi connectivity index (χ4v) is 3.04. The first-order valence-electron chi connectivity index (χ1n) is 7.69. The van der Waals surface area contributed by atoms with Gasteiger partial charge >= 0.3 is 0 Å². The van der Waals surface area contributed by atoms with Crippen LogP contribution in [0.3, 0.4) is 0 Å². The molecule has 1 heterocycles. The van der Waals surface area contributed by atoms with Gasteiger partial charge in [-0.3, -0.25) is 9.69 Å². The molecule has 3 rings (SSSR count). The molecular formula is C18H18Cl2N2O. The number of likely N-dealkylation sites (tertiary alicyclic amines) is 1. The van der Waals surface area contributed by atoms with Gasteiger partial charge in [0.2, 0.25) is 0 Å². The van der Waals surface area contributed by atoms with Crippen LogP contribution in [0.15, 0.2) is 42.5 Å². The predicted octanol–water partition coefficient (Wildman–Crippen LogP) is 4.84. The first kappa shape index (κ1) is 16.3. The standard InChI is InChI=1S/C18H18Cl2N2O/c19-16-8-7-15(11-17(16)20)21-18(23)14-5-3-13(4-6-14)12-22-9-1-2-10-22/h3-8,11H,1-2,9-10,12H2,(H,21,23). The van der Waals surface area contributed by atoms with Crippen LogP contribution >= 0.6 is 23.2 Å². The number of halogens is 2. The highest BCUT2D eigenvalue weighted by Gasteiger charge is 2.12. The normalized spacial score (nSPS) is 14.9. The van der Waals surface area contributed by atoms with Crippen molar-refractivity contribution in [1.82, 2.24) is 4.90 Å². The van der Waals surface area contributed by atoms with Crippen molar-refractivity contribution in [3.05, 3.63) is 63.6 Å². The van der Waals surface area contributed by atoms with Gasteiger partial charge in [-0.2, -0.15) is 0 Å². The molecule has 120 valence electrons. The number of hydrogen-bond donors (Lipinski definition) is 1. The molecule has 2 aromatic carbocycles. The lowest BCUT2D eigenvalue weighted by Crippen LogP contribution is -2.18. The molecule has 0 aromatic heterocycles. The van der Waals surface area contributed by atoms with Crippen LogP contribution in [0.5, 0.6) is 0 Å². The third-order valence-corrected chi connectivity index (χ3v) is 4.74. The van der Waals surface area contributed by atoms with Crippen LogP contribution in [-0.2, 0) is 6.54 Å². The third-order valence-electron chi connectivity index (χ3n) is 4.00. The summed E-state index contributed by atoms with van der Waals surface area (Å²) in [4.78, 5) is 14.7. The van der Waals surface area contributed by atoms with E-state index < -0.39 is 0 Å². The average Bonchev–Trinajstić information content (AvgIpc) is 3.04. The number of nitrogens with zero attached hydrogens (tertiary/aromatic N) is 1. The van der Waals surface area contributed by atoms with E-state index in [1.807, 2.05) is 24.3 Å². The van der Waals surface area contributed by atoms with Crippen LogP contribution in [0.25, 0.3) is 0 Å². The summed E-state index contributed by atoms with van der Waals surface area (Å²) in [7, 11) is 0. The average molecular weight is 349 g/mol. The summed E-state index contributed by atoms with van der Waals surface area (Å²) in [5.41, 5.74) is 2.49. The molecule has 1 aliphatic heterocycles. The third kappa shape index (κ3) is 4.25. The Morgan fingerprint density at radius 2 is 1.70 bits per heavy atom. The minimum Gasteiger partial charge on any atom is -0.322 e. The van der Waals surface area contributed by atoms with Gasteiger partial charge in [-0.25, -0.2) is 0 Å². The maximum atomic E-state index is 12.3. The van der Waals surface area contributed by atoms with Crippen LogP contribution in [0.4, 0.5) is 5.69 Å². The van der Waals surface area contributed by atoms with E-state index in [-0.39, 0.29) is 5.91 Å². The first-order chi connectivity index (χ1) is 11.1. The molecule has 1 N–H and O–H groups in total. The van der Waals surface area contributed by atoms with Crippen LogP contribution in [0.2, 0.25) is 10.0 Å². The van der Waals surface area contributed by atoms with Crippen molar-refractivity contribution >= 4 is 34.8 Å². The maximum Gasteiger partial charge on any atom is 0.255 e. The SMILES string of the molecule is O=C(Nc1ccc(Cl)c(Cl)c1)c1ccc(CN2CCCC2)cc1. The number of hydrogen-bond acceptors (Lipinski definition) is 2. The molecule has 0 radical (unpaired) electrons. The van der Waals surface area contributed by atoms with Gasteiger partial charge in [0.05, 0.1) is 10.0 Å². The second kappa shape index (κ2) is 7.35. The molecule has 0 aliphatic carbocycles. The van der Waals surface area contributed by atoms with E-state index in [1.165, 1.54) is 31.5 Å². The predicted molar refractivity (Wildman–Crippen MR) is 95.4 cm³/mol. The van der Waals surface area contributed by atoms with E-state index >= 15 is 0 Å². The Kier molecular flexibility index (Phi) is 5.21. The van der Waals surface area contributed by atoms with E-state index in [0.29, 0.717) is 21.3 Å². The number of carbonyl (C=O) groups excluding carboxylic acids is 1. The van der Waals surface area contributed by atoms with Crippen molar-refractivity contribution in [2.45, 2.75) is 19.4 Å². The number of carbonyl (C=O) groups is 1. The zero-order valence-electron chi connectivity index (χ0n) is 12.7. The lowest BCUT2D eigenvalue weighted by atomic mass is 10.1. The summed E-state index contributed by atoms with van der Waals surface area (Å²) in [5.74, 6) is -0.156. The summed E-state index contributed by atoms with van der Waals surface area (Å²) in [6, 6.07) is 12.8. The molecule has 5 heteroatoms. The Balaban J connectivity index is 1.63. The minimum atomic E-state index is -0.156. The summed E-state index contributed by atoms with van der Waals surface area (Å²) >= 11 is 11.8. The van der Waals surface area contributed by atoms with Gasteiger partial charge in [-0.15, -0.1) is 0 Å². The molecular weight excluding hydrogens is 331 g/mol. The molecule has 1 saturated heterocycles. The lowest BCUT2D eigenvalue weighted by molar-refractivity contribution is 0.102. The molecule has 1 aliphatic rings. The van der Waals surface area contributed by atoms with Crippen molar-refractivity contribution < 1.29 is 4.79 Å². The Bertz CT molecular complexity index is 695. The van der Waals surface area contributed by atoms with Gasteiger partial charge in [0.1, 0.15) is 0 Å². The van der Waals surface area contributed by atoms with E-state index in [9.17, 15) is 4.79 Å². The molecule has 23 heavy (non-hydrogen) atoms. The number of amides is 1. The largest absolute Gasteiger partial charge is 0.322 e. The second-order valence-electron chi connectivity index (χ2n) is 5.76. The monoisotopic (exact) mass is 348 g/mol. The molecule has 0 unspecified atom stereocenters. The fourth-order valence-electron chi connectivity index (χ4n) is 2.74. The minimum absolute atomic E-state index is 0.156. The molecule has 1 fully saturated rings. The number of nitrogens with one attached hydrogen (secondary N) is 1. The van der Waals surface area contributed by atoms with Gasteiger partial charge in [0.25, 0.3) is 5.91 Å². The van der Waals surface area contributed by atoms with Gasteiger partial charge in [-0.05, 0) is 61.8 Å². The molecule has 0 atom stereocenters. The quantitative estimate of drug-likeness (QED) is 0.857. The summed E-state index contributed by atoms with van der Waals surface area (Å²) in [5, 5.41) is 3.72. The van der Waals surface area contributed by atoms with Gasteiger partial charge in [-0.1, -0.05) is 35.3 Å². The number of anilines is 1. The highest BCUT2D eigenvalue weighted by atomic mass is 35.5. The van der Waals surface area contributed by atoms with Gasteiger partial charge in [0, 0.05) is 17.8 Å². The topological polar surface area (TPSA) is 32.3 Å².